The molecule has 5 heteroatoms. The van der Waals surface area contributed by atoms with E-state index < -0.39 is 0 Å². The van der Waals surface area contributed by atoms with Crippen LogP contribution in [0.5, 0.6) is 0 Å². The Morgan fingerprint density at radius 2 is 2.05 bits per heavy atom. The predicted octanol–water partition coefficient (Wildman–Crippen LogP) is 2.61. The maximum Gasteiger partial charge on any atom is 0.224 e. The minimum Gasteiger partial charge on any atom is -0.357 e. The molecule has 5 nitrogen and oxygen atoms in total. The lowest BCUT2D eigenvalue weighted by Gasteiger charge is -2.31. The van der Waals surface area contributed by atoms with Crippen LogP contribution in [0.3, 0.4) is 0 Å². The number of aryl methyl sites for hydroxylation is 2. The molecule has 2 aromatic rings. The normalized spacial score (nSPS) is 13.8. The highest BCUT2D eigenvalue weighted by molar-refractivity contribution is 5.59. The van der Waals surface area contributed by atoms with E-state index in [1.165, 1.54) is 11.3 Å². The summed E-state index contributed by atoms with van der Waals surface area (Å²) in [6, 6.07) is 10.5. The van der Waals surface area contributed by atoms with Gasteiger partial charge >= 0.3 is 0 Å². The molecule has 0 unspecified atom stereocenters. The molecular weight excluding hydrogens is 250 g/mol. The van der Waals surface area contributed by atoms with Crippen molar-refractivity contribution in [1.82, 2.24) is 9.97 Å². The molecule has 1 aliphatic heterocycles. The standard InChI is InChI=1S/C15H19N5/c1-11-10-14(18-15(16-2)17-11)19-20-9-5-7-12-6-3-4-8-13(12)20/h3-4,6,8,10H,5,7,9H2,1-2H3,(H2,16,17,18,19). The monoisotopic (exact) mass is 269 g/mol. The van der Waals surface area contributed by atoms with Crippen molar-refractivity contribution in [1.29, 1.82) is 0 Å². The van der Waals surface area contributed by atoms with Crippen molar-refractivity contribution in [2.45, 2.75) is 19.8 Å². The molecule has 104 valence electrons. The van der Waals surface area contributed by atoms with E-state index in [1.807, 2.05) is 20.0 Å². The van der Waals surface area contributed by atoms with Gasteiger partial charge in [-0.25, -0.2) is 4.98 Å². The molecule has 2 heterocycles. The number of rotatable bonds is 3. The van der Waals surface area contributed by atoms with E-state index >= 15 is 0 Å². The number of fused-ring (bicyclic) bond motifs is 1. The summed E-state index contributed by atoms with van der Waals surface area (Å²) in [5, 5.41) is 5.15. The Labute approximate surface area is 119 Å². The third-order valence-corrected chi connectivity index (χ3v) is 3.44. The highest BCUT2D eigenvalue weighted by atomic mass is 15.5. The van der Waals surface area contributed by atoms with Crippen LogP contribution in [0.1, 0.15) is 17.7 Å². The number of anilines is 3. The summed E-state index contributed by atoms with van der Waals surface area (Å²) < 4.78 is 0. The molecule has 1 aliphatic rings. The third kappa shape index (κ3) is 2.52. The number of nitrogens with one attached hydrogen (secondary N) is 2. The smallest absolute Gasteiger partial charge is 0.224 e. The van der Waals surface area contributed by atoms with Crippen molar-refractivity contribution in [2.24, 2.45) is 0 Å². The average molecular weight is 269 g/mol. The SMILES string of the molecule is CNc1nc(C)cc(NN2CCCc3ccccc32)n1. The van der Waals surface area contributed by atoms with E-state index in [9.17, 15) is 0 Å². The number of hydrogen-bond acceptors (Lipinski definition) is 5. The predicted molar refractivity (Wildman–Crippen MR) is 82.0 cm³/mol. The van der Waals surface area contributed by atoms with Crippen LogP contribution in [0.15, 0.2) is 30.3 Å². The molecule has 0 atom stereocenters. The van der Waals surface area contributed by atoms with E-state index in [4.69, 9.17) is 0 Å². The van der Waals surface area contributed by atoms with Gasteiger partial charge in [-0.3, -0.25) is 10.4 Å². The van der Waals surface area contributed by atoms with E-state index in [2.05, 4.69) is 50.0 Å². The van der Waals surface area contributed by atoms with Gasteiger partial charge in [0.15, 0.2) is 0 Å². The van der Waals surface area contributed by atoms with Gasteiger partial charge in [-0.15, -0.1) is 0 Å². The first-order chi connectivity index (χ1) is 9.76. The number of hydrazine groups is 1. The first-order valence-corrected chi connectivity index (χ1v) is 6.92. The fourth-order valence-corrected chi connectivity index (χ4v) is 2.53. The summed E-state index contributed by atoms with van der Waals surface area (Å²) in [5.74, 6) is 1.45. The van der Waals surface area contributed by atoms with Crippen molar-refractivity contribution in [3.05, 3.63) is 41.6 Å². The number of nitrogens with zero attached hydrogens (tertiary/aromatic N) is 3. The molecular formula is C15H19N5. The van der Waals surface area contributed by atoms with Gasteiger partial charge < -0.3 is 5.32 Å². The molecule has 0 spiro atoms. The van der Waals surface area contributed by atoms with Crippen LogP contribution < -0.4 is 15.8 Å². The molecule has 3 rings (SSSR count). The van der Waals surface area contributed by atoms with E-state index in [-0.39, 0.29) is 0 Å². The topological polar surface area (TPSA) is 53.1 Å². The van der Waals surface area contributed by atoms with Gasteiger partial charge in [0.05, 0.1) is 5.69 Å². The van der Waals surface area contributed by atoms with Crippen LogP contribution in [-0.4, -0.2) is 23.6 Å². The summed E-state index contributed by atoms with van der Waals surface area (Å²) >= 11 is 0. The van der Waals surface area contributed by atoms with Crippen molar-refractivity contribution >= 4 is 17.5 Å². The molecule has 1 aromatic heterocycles. The first-order valence-electron chi connectivity index (χ1n) is 6.92. The molecule has 1 aromatic carbocycles. The number of aromatic nitrogens is 2. The maximum atomic E-state index is 4.44. The number of benzene rings is 1. The quantitative estimate of drug-likeness (QED) is 0.897. The zero-order valence-corrected chi connectivity index (χ0v) is 11.8. The van der Waals surface area contributed by atoms with Crippen molar-refractivity contribution in [3.63, 3.8) is 0 Å². The van der Waals surface area contributed by atoms with Crippen LogP contribution in [0.4, 0.5) is 17.5 Å². The minimum absolute atomic E-state index is 0.637. The molecule has 2 N–H and O–H groups in total. The summed E-state index contributed by atoms with van der Waals surface area (Å²) in [7, 11) is 1.83. The first kappa shape index (κ1) is 12.7. The molecule has 0 bridgehead atoms. The fraction of sp³-hybridized carbons (Fsp3) is 0.333. The molecule has 0 saturated carbocycles. The van der Waals surface area contributed by atoms with Crippen molar-refractivity contribution in [2.75, 3.05) is 29.3 Å². The highest BCUT2D eigenvalue weighted by Crippen LogP contribution is 2.26. The van der Waals surface area contributed by atoms with Gasteiger partial charge in [-0.2, -0.15) is 4.98 Å². The number of hydrogen-bond donors (Lipinski definition) is 2. The lowest BCUT2D eigenvalue weighted by atomic mass is 10.0. The maximum absolute atomic E-state index is 4.44. The number of para-hydroxylation sites is 1. The Morgan fingerprint density at radius 3 is 2.90 bits per heavy atom. The molecule has 0 radical (unpaired) electrons. The van der Waals surface area contributed by atoms with Crippen molar-refractivity contribution in [3.8, 4) is 0 Å². The zero-order chi connectivity index (χ0) is 13.9. The Kier molecular flexibility index (Phi) is 3.41. The van der Waals surface area contributed by atoms with Gasteiger partial charge in [-0.1, -0.05) is 18.2 Å². The summed E-state index contributed by atoms with van der Waals surface area (Å²) in [4.78, 5) is 8.75. The van der Waals surface area contributed by atoms with Crippen LogP contribution in [0, 0.1) is 6.92 Å². The summed E-state index contributed by atoms with van der Waals surface area (Å²) in [6.45, 7) is 2.95. The zero-order valence-electron chi connectivity index (χ0n) is 11.8. The van der Waals surface area contributed by atoms with Crippen molar-refractivity contribution < 1.29 is 0 Å². The van der Waals surface area contributed by atoms with Gasteiger partial charge in [-0.05, 0) is 31.4 Å². The molecule has 0 amide bonds. The minimum atomic E-state index is 0.637. The van der Waals surface area contributed by atoms with Gasteiger partial charge in [0.25, 0.3) is 0 Å². The molecule has 0 fully saturated rings. The second-order valence-electron chi connectivity index (χ2n) is 4.96. The molecule has 0 aliphatic carbocycles. The summed E-state index contributed by atoms with van der Waals surface area (Å²) in [5.41, 5.74) is 6.95. The van der Waals surface area contributed by atoms with Crippen LogP contribution in [-0.2, 0) is 6.42 Å². The second kappa shape index (κ2) is 5.36. The van der Waals surface area contributed by atoms with E-state index in [1.54, 1.807) is 0 Å². The van der Waals surface area contributed by atoms with Crippen LogP contribution in [0.25, 0.3) is 0 Å². The van der Waals surface area contributed by atoms with Crippen LogP contribution >= 0.6 is 0 Å². The lowest BCUT2D eigenvalue weighted by molar-refractivity contribution is 0.736. The van der Waals surface area contributed by atoms with Gasteiger partial charge in [0, 0.05) is 25.4 Å². The van der Waals surface area contributed by atoms with Crippen LogP contribution in [0.2, 0.25) is 0 Å². The fourth-order valence-electron chi connectivity index (χ4n) is 2.53. The summed E-state index contributed by atoms with van der Waals surface area (Å²) in [6.07, 6.45) is 2.28. The largest absolute Gasteiger partial charge is 0.357 e. The van der Waals surface area contributed by atoms with E-state index in [0.717, 1.165) is 30.9 Å². The highest BCUT2D eigenvalue weighted by Gasteiger charge is 2.16. The second-order valence-corrected chi connectivity index (χ2v) is 4.96. The lowest BCUT2D eigenvalue weighted by Crippen LogP contribution is -2.35. The van der Waals surface area contributed by atoms with E-state index in [0.29, 0.717) is 5.95 Å². The van der Waals surface area contributed by atoms with Gasteiger partial charge in [0.2, 0.25) is 5.95 Å². The molecule has 20 heavy (non-hydrogen) atoms. The third-order valence-electron chi connectivity index (χ3n) is 3.44. The van der Waals surface area contributed by atoms with Gasteiger partial charge in [0.1, 0.15) is 5.82 Å². The molecule has 0 saturated heterocycles. The average Bonchev–Trinajstić information content (AvgIpc) is 2.47. The Hall–Kier alpha value is -2.30. The Bertz CT molecular complexity index is 611. The Balaban J connectivity index is 1.87. The Morgan fingerprint density at radius 1 is 1.20 bits per heavy atom.